The van der Waals surface area contributed by atoms with E-state index < -0.39 is 8.07 Å². The van der Waals surface area contributed by atoms with E-state index in [1.807, 2.05) is 6.07 Å². The van der Waals surface area contributed by atoms with Gasteiger partial charge < -0.3 is 14.0 Å². The van der Waals surface area contributed by atoms with E-state index in [0.29, 0.717) is 0 Å². The Hall–Kier alpha value is -7.34. The Balaban J connectivity index is 0.981. The van der Waals surface area contributed by atoms with Gasteiger partial charge in [0.15, 0.2) is 8.07 Å². The minimum Gasteiger partial charge on any atom is -0.458 e. The molecule has 0 fully saturated rings. The van der Waals surface area contributed by atoms with Crippen molar-refractivity contribution in [3.63, 3.8) is 0 Å². The first-order valence-electron chi connectivity index (χ1n) is 20.3. The summed E-state index contributed by atoms with van der Waals surface area (Å²) in [4.78, 5) is 0. The number of rotatable bonds is 6. The molecule has 0 spiro atoms. The van der Waals surface area contributed by atoms with Gasteiger partial charge in [-0.1, -0.05) is 176 Å². The van der Waals surface area contributed by atoms with Crippen molar-refractivity contribution in [2.45, 2.75) is 0 Å². The molecule has 5 heteroatoms. The van der Waals surface area contributed by atoms with Crippen LogP contribution in [0.1, 0.15) is 0 Å². The van der Waals surface area contributed by atoms with Crippen LogP contribution in [0.15, 0.2) is 218 Å². The average Bonchev–Trinajstić information content (AvgIpc) is 3.65. The van der Waals surface area contributed by atoms with Crippen molar-refractivity contribution in [3.8, 4) is 39.8 Å². The van der Waals surface area contributed by atoms with E-state index in [1.54, 1.807) is 0 Å². The molecule has 0 aliphatic carbocycles. The fourth-order valence-corrected chi connectivity index (χ4v) is 14.7. The van der Waals surface area contributed by atoms with Crippen LogP contribution in [0.5, 0.6) is 23.0 Å². The van der Waals surface area contributed by atoms with Gasteiger partial charge in [-0.3, -0.25) is 0 Å². The van der Waals surface area contributed by atoms with Crippen LogP contribution in [0.25, 0.3) is 38.6 Å². The molecule has 0 unspecified atom stereocenters. The van der Waals surface area contributed by atoms with E-state index >= 15 is 0 Å². The van der Waals surface area contributed by atoms with E-state index in [9.17, 15) is 0 Å². The second-order valence-electron chi connectivity index (χ2n) is 15.6. The molecule has 0 atom stereocenters. The first-order valence-corrected chi connectivity index (χ1v) is 22.3. The lowest BCUT2D eigenvalue weighted by molar-refractivity contribution is 0.464. The number of ether oxygens (including phenoxy) is 2. The van der Waals surface area contributed by atoms with Gasteiger partial charge in [-0.2, -0.15) is 0 Å². The van der Waals surface area contributed by atoms with Gasteiger partial charge in [-0.25, -0.2) is 0 Å². The van der Waals surface area contributed by atoms with Crippen LogP contribution in [0, 0.1) is 0 Å². The summed E-state index contributed by atoms with van der Waals surface area (Å²) in [6.45, 7) is -0.0468. The van der Waals surface area contributed by atoms with Crippen molar-refractivity contribution in [1.82, 2.24) is 4.57 Å². The molecule has 1 aromatic heterocycles. The van der Waals surface area contributed by atoms with Gasteiger partial charge in [-0.15, -0.1) is 0 Å². The van der Waals surface area contributed by atoms with Gasteiger partial charge in [0.2, 0.25) is 0 Å². The normalized spacial score (nSPS) is 12.6. The highest BCUT2D eigenvalue weighted by Gasteiger charge is 2.42. The Labute approximate surface area is 344 Å². The van der Waals surface area contributed by atoms with Gasteiger partial charge >= 0.3 is 0 Å². The zero-order chi connectivity index (χ0) is 38.9. The fraction of sp³-hybridized carbons (Fsp3) is 0. The van der Waals surface area contributed by atoms with Crippen molar-refractivity contribution in [2.24, 2.45) is 0 Å². The molecular formula is C54H36BNO2Si. The summed E-state index contributed by atoms with van der Waals surface area (Å²) in [7, 11) is -2.63. The summed E-state index contributed by atoms with van der Waals surface area (Å²) in [6, 6.07) is 79.5. The number of para-hydroxylation sites is 2. The molecule has 0 amide bonds. The van der Waals surface area contributed by atoms with Gasteiger partial charge in [-0.05, 0) is 79.2 Å². The van der Waals surface area contributed by atoms with Gasteiger partial charge in [0.25, 0.3) is 6.71 Å². The second-order valence-corrected chi connectivity index (χ2v) is 19.4. The van der Waals surface area contributed by atoms with E-state index in [0.717, 1.165) is 50.6 Å². The molecule has 0 saturated carbocycles. The van der Waals surface area contributed by atoms with E-state index in [2.05, 4.69) is 217 Å². The molecule has 2 aliphatic rings. The fourth-order valence-electron chi connectivity index (χ4n) is 9.92. The summed E-state index contributed by atoms with van der Waals surface area (Å²) < 4.78 is 15.8. The Morgan fingerprint density at radius 2 is 0.864 bits per heavy atom. The van der Waals surface area contributed by atoms with Gasteiger partial charge in [0.05, 0.1) is 11.0 Å². The van der Waals surface area contributed by atoms with E-state index in [1.165, 1.54) is 48.1 Å². The summed E-state index contributed by atoms with van der Waals surface area (Å²) in [6.07, 6.45) is 0. The average molecular weight is 770 g/mol. The zero-order valence-electron chi connectivity index (χ0n) is 32.1. The molecule has 10 aromatic rings. The first-order chi connectivity index (χ1) is 29.3. The van der Waals surface area contributed by atoms with Crippen molar-refractivity contribution < 1.29 is 9.47 Å². The summed E-state index contributed by atoms with van der Waals surface area (Å²) >= 11 is 0. The molecule has 0 bridgehead atoms. The van der Waals surface area contributed by atoms with Gasteiger partial charge in [0, 0.05) is 28.0 Å². The molecular weight excluding hydrogens is 733 g/mol. The van der Waals surface area contributed by atoms with Crippen LogP contribution < -0.4 is 46.6 Å². The van der Waals surface area contributed by atoms with Crippen molar-refractivity contribution in [2.75, 3.05) is 0 Å². The third kappa shape index (κ3) is 5.15. The monoisotopic (exact) mass is 769 g/mol. The number of hydrogen-bond donors (Lipinski definition) is 0. The van der Waals surface area contributed by atoms with Crippen molar-refractivity contribution in [3.05, 3.63) is 218 Å². The van der Waals surface area contributed by atoms with E-state index in [4.69, 9.17) is 9.47 Å². The highest BCUT2D eigenvalue weighted by Crippen LogP contribution is 2.38. The summed E-state index contributed by atoms with van der Waals surface area (Å²) in [5, 5.41) is 7.93. The highest BCUT2D eigenvalue weighted by atomic mass is 28.3. The maximum absolute atomic E-state index is 6.78. The largest absolute Gasteiger partial charge is 0.458 e. The standard InChI is InChI=1S/C54H36BNO2Si/c1-4-15-40(16-5-1)59(41-17-6-2-7-18-41,42-19-8-3-9-20-42)43-31-27-37(28-32-43)38-29-34-50-47(35-38)55-46-33-30-39(36-53(46)58-52-26-14-25-51(57-50)54(52)55)56-48-23-12-10-21-44(48)45-22-11-13-24-49(45)56/h1-36H. The summed E-state index contributed by atoms with van der Waals surface area (Å²) in [5.41, 5.74) is 9.10. The minimum atomic E-state index is -2.63. The number of benzene rings is 9. The third-order valence-corrected chi connectivity index (χ3v) is 17.3. The van der Waals surface area contributed by atoms with Gasteiger partial charge in [0.1, 0.15) is 23.0 Å². The quantitative estimate of drug-likeness (QED) is 0.125. The predicted molar refractivity (Wildman–Crippen MR) is 248 cm³/mol. The maximum Gasteiger partial charge on any atom is 0.260 e. The lowest BCUT2D eigenvalue weighted by atomic mass is 9.34. The zero-order valence-corrected chi connectivity index (χ0v) is 33.1. The molecule has 3 heterocycles. The van der Waals surface area contributed by atoms with Crippen LogP contribution in [0.3, 0.4) is 0 Å². The molecule has 59 heavy (non-hydrogen) atoms. The maximum atomic E-state index is 6.78. The molecule has 2 aliphatic heterocycles. The Morgan fingerprint density at radius 1 is 0.356 bits per heavy atom. The molecule has 3 nitrogen and oxygen atoms in total. The van der Waals surface area contributed by atoms with Crippen LogP contribution in [0.2, 0.25) is 0 Å². The van der Waals surface area contributed by atoms with Crippen LogP contribution in [0.4, 0.5) is 0 Å². The van der Waals surface area contributed by atoms with Crippen molar-refractivity contribution in [1.29, 1.82) is 0 Å². The summed E-state index contributed by atoms with van der Waals surface area (Å²) in [5.74, 6) is 3.43. The third-order valence-electron chi connectivity index (χ3n) is 12.5. The number of hydrogen-bond acceptors (Lipinski definition) is 2. The van der Waals surface area contributed by atoms with Crippen LogP contribution >= 0.6 is 0 Å². The number of nitrogens with zero attached hydrogens (tertiary/aromatic N) is 1. The topological polar surface area (TPSA) is 23.4 Å². The Morgan fingerprint density at radius 3 is 1.46 bits per heavy atom. The minimum absolute atomic E-state index is 0.0468. The molecule has 0 saturated heterocycles. The molecule has 9 aromatic carbocycles. The Kier molecular flexibility index (Phi) is 7.65. The highest BCUT2D eigenvalue weighted by molar-refractivity contribution is 7.19. The van der Waals surface area contributed by atoms with Crippen LogP contribution in [-0.4, -0.2) is 19.4 Å². The Bertz CT molecular complexity index is 3070. The molecule has 276 valence electrons. The van der Waals surface area contributed by atoms with Crippen molar-refractivity contribution >= 4 is 73.7 Å². The lowest BCUT2D eigenvalue weighted by Crippen LogP contribution is -2.74. The predicted octanol–water partition coefficient (Wildman–Crippen LogP) is 8.56. The molecule has 0 N–H and O–H groups in total. The molecule has 12 rings (SSSR count). The second kappa shape index (κ2) is 13.4. The number of aromatic nitrogens is 1. The smallest absolute Gasteiger partial charge is 0.260 e. The number of fused-ring (bicyclic) bond motifs is 7. The SMILES string of the molecule is c1ccc([Si](c2ccccc2)(c2ccccc2)c2ccc(-c3ccc4c(c3)B3c5ccc(-n6c7ccccc7c7ccccc76)cc5Oc5cccc(c53)O4)cc2)cc1. The lowest BCUT2D eigenvalue weighted by Gasteiger charge is -2.34. The first kappa shape index (κ1) is 33.8. The molecule has 0 radical (unpaired) electrons. The van der Waals surface area contributed by atoms with Crippen LogP contribution in [-0.2, 0) is 0 Å². The van der Waals surface area contributed by atoms with E-state index in [-0.39, 0.29) is 6.71 Å².